The van der Waals surface area contributed by atoms with Crippen LogP contribution in [0.1, 0.15) is 44.3 Å². The third kappa shape index (κ3) is 2.99. The summed E-state index contributed by atoms with van der Waals surface area (Å²) in [6, 6.07) is 7.43. The Balaban J connectivity index is 2.03. The van der Waals surface area contributed by atoms with Gasteiger partial charge in [-0.3, -0.25) is 0 Å². The lowest BCUT2D eigenvalue weighted by molar-refractivity contribution is 0.000474. The Labute approximate surface area is 102 Å². The Morgan fingerprint density at radius 2 is 1.94 bits per heavy atom. The first kappa shape index (κ1) is 12.4. The Morgan fingerprint density at radius 1 is 1.29 bits per heavy atom. The number of benzene rings is 1. The molecule has 1 fully saturated rings. The quantitative estimate of drug-likeness (QED) is 0.844. The normalized spacial score (nSPS) is 20.2. The number of ether oxygens (including phenoxy) is 1. The Morgan fingerprint density at radius 3 is 2.59 bits per heavy atom. The molecule has 1 aromatic rings. The van der Waals surface area contributed by atoms with E-state index in [0.717, 1.165) is 31.2 Å². The van der Waals surface area contributed by atoms with E-state index in [9.17, 15) is 10.2 Å². The van der Waals surface area contributed by atoms with E-state index < -0.39 is 11.7 Å². The van der Waals surface area contributed by atoms with E-state index in [1.165, 1.54) is 0 Å². The molecule has 0 spiro atoms. The maximum absolute atomic E-state index is 10.2. The van der Waals surface area contributed by atoms with E-state index in [4.69, 9.17) is 4.74 Å². The van der Waals surface area contributed by atoms with Gasteiger partial charge in [0.15, 0.2) is 0 Å². The summed E-state index contributed by atoms with van der Waals surface area (Å²) in [7, 11) is 0. The van der Waals surface area contributed by atoms with Gasteiger partial charge in [0.25, 0.3) is 0 Å². The SMILES string of the molecule is C[C@H](O)c1ccccc1OCC1(O)CCCC1. The monoisotopic (exact) mass is 236 g/mol. The molecule has 1 saturated carbocycles. The highest BCUT2D eigenvalue weighted by Gasteiger charge is 2.32. The van der Waals surface area contributed by atoms with Gasteiger partial charge in [-0.05, 0) is 25.8 Å². The molecule has 3 nitrogen and oxygen atoms in total. The second-order valence-electron chi connectivity index (χ2n) is 4.93. The molecule has 1 aliphatic rings. The van der Waals surface area contributed by atoms with E-state index in [1.54, 1.807) is 6.92 Å². The molecule has 1 aromatic carbocycles. The summed E-state index contributed by atoms with van der Waals surface area (Å²) in [6.07, 6.45) is 3.20. The Bertz CT molecular complexity index is 367. The molecule has 0 unspecified atom stereocenters. The van der Waals surface area contributed by atoms with Crippen LogP contribution in [0.5, 0.6) is 5.75 Å². The molecule has 94 valence electrons. The number of rotatable bonds is 4. The summed E-state index contributed by atoms with van der Waals surface area (Å²) in [4.78, 5) is 0. The lowest BCUT2D eigenvalue weighted by Crippen LogP contribution is -2.32. The summed E-state index contributed by atoms with van der Waals surface area (Å²) in [6.45, 7) is 2.03. The number of aliphatic hydroxyl groups is 2. The van der Waals surface area contributed by atoms with Crippen LogP contribution in [0, 0.1) is 0 Å². The molecule has 0 radical (unpaired) electrons. The van der Waals surface area contributed by atoms with Crippen molar-refractivity contribution in [2.24, 2.45) is 0 Å². The number of hydrogen-bond acceptors (Lipinski definition) is 3. The average Bonchev–Trinajstić information content (AvgIpc) is 2.74. The zero-order chi connectivity index (χ0) is 12.3. The molecule has 0 bridgehead atoms. The van der Waals surface area contributed by atoms with Crippen LogP contribution in [0.3, 0.4) is 0 Å². The van der Waals surface area contributed by atoms with Crippen molar-refractivity contribution in [1.29, 1.82) is 0 Å². The van der Waals surface area contributed by atoms with Gasteiger partial charge >= 0.3 is 0 Å². The van der Waals surface area contributed by atoms with E-state index in [-0.39, 0.29) is 0 Å². The largest absolute Gasteiger partial charge is 0.490 e. The van der Waals surface area contributed by atoms with Crippen LogP contribution in [0.2, 0.25) is 0 Å². The second-order valence-corrected chi connectivity index (χ2v) is 4.93. The van der Waals surface area contributed by atoms with Crippen molar-refractivity contribution in [2.75, 3.05) is 6.61 Å². The van der Waals surface area contributed by atoms with Gasteiger partial charge in [0.1, 0.15) is 12.4 Å². The van der Waals surface area contributed by atoms with E-state index in [1.807, 2.05) is 24.3 Å². The van der Waals surface area contributed by atoms with Crippen molar-refractivity contribution >= 4 is 0 Å². The van der Waals surface area contributed by atoms with Crippen LogP contribution in [0.15, 0.2) is 24.3 Å². The second kappa shape index (κ2) is 5.07. The van der Waals surface area contributed by atoms with E-state index in [2.05, 4.69) is 0 Å². The molecular weight excluding hydrogens is 216 g/mol. The fourth-order valence-electron chi connectivity index (χ4n) is 2.35. The fraction of sp³-hybridized carbons (Fsp3) is 0.571. The van der Waals surface area contributed by atoms with Crippen molar-refractivity contribution in [2.45, 2.75) is 44.3 Å². The third-order valence-corrected chi connectivity index (χ3v) is 3.40. The first-order valence-electron chi connectivity index (χ1n) is 6.23. The third-order valence-electron chi connectivity index (χ3n) is 3.40. The maximum Gasteiger partial charge on any atom is 0.125 e. The molecule has 1 atom stereocenters. The topological polar surface area (TPSA) is 49.7 Å². The van der Waals surface area contributed by atoms with Crippen molar-refractivity contribution < 1.29 is 14.9 Å². The number of hydrogen-bond donors (Lipinski definition) is 2. The van der Waals surface area contributed by atoms with Gasteiger partial charge in [0.05, 0.1) is 11.7 Å². The average molecular weight is 236 g/mol. The van der Waals surface area contributed by atoms with Crippen molar-refractivity contribution in [3.63, 3.8) is 0 Å². The zero-order valence-electron chi connectivity index (χ0n) is 10.2. The van der Waals surface area contributed by atoms with Gasteiger partial charge < -0.3 is 14.9 Å². The van der Waals surface area contributed by atoms with E-state index >= 15 is 0 Å². The van der Waals surface area contributed by atoms with Crippen LogP contribution in [0.4, 0.5) is 0 Å². The van der Waals surface area contributed by atoms with Crippen LogP contribution in [-0.2, 0) is 0 Å². The molecule has 0 heterocycles. The minimum absolute atomic E-state index is 0.316. The number of aliphatic hydroxyl groups excluding tert-OH is 1. The highest BCUT2D eigenvalue weighted by molar-refractivity contribution is 5.34. The van der Waals surface area contributed by atoms with Crippen LogP contribution < -0.4 is 4.74 Å². The predicted molar refractivity (Wildman–Crippen MR) is 66.0 cm³/mol. The minimum Gasteiger partial charge on any atom is -0.490 e. The van der Waals surface area contributed by atoms with Crippen molar-refractivity contribution in [1.82, 2.24) is 0 Å². The minimum atomic E-state index is -0.675. The summed E-state index contributed by atoms with van der Waals surface area (Å²) >= 11 is 0. The predicted octanol–water partition coefficient (Wildman–Crippen LogP) is 2.42. The Kier molecular flexibility index (Phi) is 3.69. The first-order valence-corrected chi connectivity index (χ1v) is 6.23. The molecular formula is C14H20O3. The summed E-state index contributed by atoms with van der Waals surface area (Å²) in [5.41, 5.74) is 0.0975. The lowest BCUT2D eigenvalue weighted by Gasteiger charge is -2.23. The summed E-state index contributed by atoms with van der Waals surface area (Å²) in [5.74, 6) is 0.669. The highest BCUT2D eigenvalue weighted by Crippen LogP contribution is 2.31. The smallest absolute Gasteiger partial charge is 0.125 e. The summed E-state index contributed by atoms with van der Waals surface area (Å²) in [5, 5.41) is 19.8. The summed E-state index contributed by atoms with van der Waals surface area (Å²) < 4.78 is 5.68. The van der Waals surface area contributed by atoms with Crippen LogP contribution in [0.25, 0.3) is 0 Å². The molecule has 2 rings (SSSR count). The van der Waals surface area contributed by atoms with Gasteiger partial charge in [0, 0.05) is 5.56 Å². The Hall–Kier alpha value is -1.06. The standard InChI is InChI=1S/C14H20O3/c1-11(15)12-6-2-3-7-13(12)17-10-14(16)8-4-5-9-14/h2-3,6-7,11,15-16H,4-5,8-10H2,1H3/t11-/m0/s1. The molecule has 17 heavy (non-hydrogen) atoms. The van der Waals surface area contributed by atoms with Crippen molar-refractivity contribution in [3.8, 4) is 5.75 Å². The molecule has 1 aliphatic carbocycles. The fourth-order valence-corrected chi connectivity index (χ4v) is 2.35. The molecule has 0 amide bonds. The molecule has 2 N–H and O–H groups in total. The molecule has 0 aliphatic heterocycles. The lowest BCUT2D eigenvalue weighted by atomic mass is 10.0. The zero-order valence-corrected chi connectivity index (χ0v) is 10.2. The van der Waals surface area contributed by atoms with Crippen LogP contribution in [-0.4, -0.2) is 22.4 Å². The van der Waals surface area contributed by atoms with E-state index in [0.29, 0.717) is 12.4 Å². The van der Waals surface area contributed by atoms with Gasteiger partial charge in [-0.15, -0.1) is 0 Å². The van der Waals surface area contributed by atoms with Gasteiger partial charge in [-0.1, -0.05) is 31.0 Å². The van der Waals surface area contributed by atoms with Gasteiger partial charge in [-0.25, -0.2) is 0 Å². The first-order chi connectivity index (χ1) is 8.11. The molecule has 0 saturated heterocycles. The molecule has 0 aromatic heterocycles. The van der Waals surface area contributed by atoms with Gasteiger partial charge in [-0.2, -0.15) is 0 Å². The number of para-hydroxylation sites is 1. The molecule has 3 heteroatoms. The maximum atomic E-state index is 10.2. The van der Waals surface area contributed by atoms with Crippen molar-refractivity contribution in [3.05, 3.63) is 29.8 Å². The highest BCUT2D eigenvalue weighted by atomic mass is 16.5. The van der Waals surface area contributed by atoms with Crippen LogP contribution >= 0.6 is 0 Å². The van der Waals surface area contributed by atoms with Gasteiger partial charge in [0.2, 0.25) is 0 Å².